The number of nitrogens with one attached hydrogen (secondary N) is 1. The number of hydrogen-bond donors (Lipinski definition) is 1. The standard InChI is InChI=1S/C24H30N2O5/c1-6-26(17(2)3)20-10-8-19(9-11-20)25-23(27)16-31-24(28)14-7-18-15-21(29-4)12-13-22(18)30-5/h7-15,17H,6,16H2,1-5H3,(H,25,27). The van der Waals surface area contributed by atoms with Crippen molar-refractivity contribution in [3.8, 4) is 11.5 Å². The number of benzene rings is 2. The maximum Gasteiger partial charge on any atom is 0.331 e. The van der Waals surface area contributed by atoms with E-state index in [1.807, 2.05) is 24.3 Å². The van der Waals surface area contributed by atoms with Gasteiger partial charge in [0, 0.05) is 35.6 Å². The van der Waals surface area contributed by atoms with E-state index in [1.165, 1.54) is 13.2 Å². The highest BCUT2D eigenvalue weighted by Crippen LogP contribution is 2.25. The summed E-state index contributed by atoms with van der Waals surface area (Å²) in [5.74, 6) is 0.176. The van der Waals surface area contributed by atoms with Crippen molar-refractivity contribution in [1.82, 2.24) is 0 Å². The van der Waals surface area contributed by atoms with Crippen molar-refractivity contribution < 1.29 is 23.8 Å². The number of carbonyl (C=O) groups excluding carboxylic acids is 2. The lowest BCUT2D eigenvalue weighted by molar-refractivity contribution is -0.142. The third kappa shape index (κ3) is 7.06. The molecule has 1 amide bonds. The van der Waals surface area contributed by atoms with Crippen LogP contribution in [-0.4, -0.2) is 45.3 Å². The van der Waals surface area contributed by atoms with E-state index in [0.717, 1.165) is 12.2 Å². The normalized spacial score (nSPS) is 10.8. The molecule has 0 bridgehead atoms. The van der Waals surface area contributed by atoms with E-state index in [2.05, 4.69) is 31.0 Å². The second kappa shape index (κ2) is 11.6. The van der Waals surface area contributed by atoms with Crippen LogP contribution in [-0.2, 0) is 14.3 Å². The number of ether oxygens (including phenoxy) is 3. The minimum Gasteiger partial charge on any atom is -0.497 e. The molecule has 7 heteroatoms. The third-order valence-electron chi connectivity index (χ3n) is 4.63. The fraction of sp³-hybridized carbons (Fsp3) is 0.333. The molecule has 2 aromatic carbocycles. The van der Waals surface area contributed by atoms with E-state index in [-0.39, 0.29) is 6.61 Å². The van der Waals surface area contributed by atoms with Crippen LogP contribution < -0.4 is 19.7 Å². The van der Waals surface area contributed by atoms with Gasteiger partial charge in [0.2, 0.25) is 0 Å². The maximum atomic E-state index is 12.1. The largest absolute Gasteiger partial charge is 0.497 e. The molecule has 0 fully saturated rings. The molecule has 0 saturated heterocycles. The first-order chi connectivity index (χ1) is 14.9. The molecular formula is C24H30N2O5. The highest BCUT2D eigenvalue weighted by atomic mass is 16.5. The molecule has 166 valence electrons. The van der Waals surface area contributed by atoms with Crippen molar-refractivity contribution in [2.75, 3.05) is 37.6 Å². The molecule has 0 aliphatic heterocycles. The molecule has 0 aliphatic rings. The van der Waals surface area contributed by atoms with E-state index < -0.39 is 11.9 Å². The van der Waals surface area contributed by atoms with Crippen LogP contribution >= 0.6 is 0 Å². The molecule has 2 aromatic rings. The summed E-state index contributed by atoms with van der Waals surface area (Å²) in [6.07, 6.45) is 2.79. The number of methoxy groups -OCH3 is 2. The van der Waals surface area contributed by atoms with Crippen molar-refractivity contribution in [2.24, 2.45) is 0 Å². The highest BCUT2D eigenvalue weighted by molar-refractivity contribution is 5.94. The van der Waals surface area contributed by atoms with E-state index in [4.69, 9.17) is 14.2 Å². The van der Waals surface area contributed by atoms with E-state index in [9.17, 15) is 9.59 Å². The van der Waals surface area contributed by atoms with Crippen molar-refractivity contribution in [3.63, 3.8) is 0 Å². The third-order valence-corrected chi connectivity index (χ3v) is 4.63. The lowest BCUT2D eigenvalue weighted by Gasteiger charge is -2.27. The maximum absolute atomic E-state index is 12.1. The lowest BCUT2D eigenvalue weighted by atomic mass is 10.1. The van der Waals surface area contributed by atoms with Crippen LogP contribution in [0.2, 0.25) is 0 Å². The zero-order chi connectivity index (χ0) is 22.8. The average Bonchev–Trinajstić information content (AvgIpc) is 2.77. The Morgan fingerprint density at radius 1 is 1.06 bits per heavy atom. The molecule has 31 heavy (non-hydrogen) atoms. The first kappa shape index (κ1) is 23.8. The Morgan fingerprint density at radius 3 is 2.35 bits per heavy atom. The molecule has 7 nitrogen and oxygen atoms in total. The van der Waals surface area contributed by atoms with Crippen molar-refractivity contribution >= 4 is 29.3 Å². The number of nitrogens with zero attached hydrogens (tertiary/aromatic N) is 1. The summed E-state index contributed by atoms with van der Waals surface area (Å²) >= 11 is 0. The number of amides is 1. The molecule has 1 N–H and O–H groups in total. The van der Waals surface area contributed by atoms with Gasteiger partial charge in [0.15, 0.2) is 6.61 Å². The predicted octanol–water partition coefficient (Wildman–Crippen LogP) is 4.13. The van der Waals surface area contributed by atoms with Crippen LogP contribution in [0.3, 0.4) is 0 Å². The summed E-state index contributed by atoms with van der Waals surface area (Å²) in [5, 5.41) is 2.72. The van der Waals surface area contributed by atoms with Crippen molar-refractivity contribution in [3.05, 3.63) is 54.1 Å². The van der Waals surface area contributed by atoms with Crippen LogP contribution in [0.25, 0.3) is 6.08 Å². The molecule has 0 unspecified atom stereocenters. The van der Waals surface area contributed by atoms with E-state index >= 15 is 0 Å². The fourth-order valence-electron chi connectivity index (χ4n) is 3.09. The first-order valence-corrected chi connectivity index (χ1v) is 10.1. The van der Waals surface area contributed by atoms with Crippen LogP contribution in [0.4, 0.5) is 11.4 Å². The van der Waals surface area contributed by atoms with Gasteiger partial charge >= 0.3 is 5.97 Å². The predicted molar refractivity (Wildman–Crippen MR) is 123 cm³/mol. The first-order valence-electron chi connectivity index (χ1n) is 10.1. The summed E-state index contributed by atoms with van der Waals surface area (Å²) in [4.78, 5) is 26.3. The number of carbonyl (C=O) groups is 2. The minimum atomic E-state index is -0.633. The average molecular weight is 427 g/mol. The van der Waals surface area contributed by atoms with Gasteiger partial charge in [0.05, 0.1) is 14.2 Å². The second-order valence-electron chi connectivity index (χ2n) is 7.02. The molecule has 0 aromatic heterocycles. The van der Waals surface area contributed by atoms with Gasteiger partial charge in [-0.15, -0.1) is 0 Å². The highest BCUT2D eigenvalue weighted by Gasteiger charge is 2.10. The Hall–Kier alpha value is -3.48. The summed E-state index contributed by atoms with van der Waals surface area (Å²) in [6, 6.07) is 13.2. The SMILES string of the molecule is CCN(c1ccc(NC(=O)COC(=O)C=Cc2cc(OC)ccc2OC)cc1)C(C)C. The van der Waals surface area contributed by atoms with Gasteiger partial charge in [-0.2, -0.15) is 0 Å². The second-order valence-corrected chi connectivity index (χ2v) is 7.02. The Kier molecular flexibility index (Phi) is 8.94. The Labute approximate surface area is 183 Å². The molecule has 0 atom stereocenters. The van der Waals surface area contributed by atoms with Gasteiger partial charge in [-0.25, -0.2) is 4.79 Å². The molecule has 2 rings (SSSR count). The monoisotopic (exact) mass is 426 g/mol. The molecule has 0 saturated carbocycles. The van der Waals surface area contributed by atoms with Gasteiger partial charge in [0.25, 0.3) is 5.91 Å². The Bertz CT molecular complexity index is 907. The molecule has 0 spiro atoms. The zero-order valence-electron chi connectivity index (χ0n) is 18.7. The fourth-order valence-corrected chi connectivity index (χ4v) is 3.09. The van der Waals surface area contributed by atoms with Crippen LogP contribution in [0.5, 0.6) is 11.5 Å². The summed E-state index contributed by atoms with van der Waals surface area (Å²) in [5.41, 5.74) is 2.38. The lowest BCUT2D eigenvalue weighted by Crippen LogP contribution is -2.30. The zero-order valence-corrected chi connectivity index (χ0v) is 18.7. The summed E-state index contributed by atoms with van der Waals surface area (Å²) in [7, 11) is 3.09. The van der Waals surface area contributed by atoms with Gasteiger partial charge in [-0.3, -0.25) is 4.79 Å². The Balaban J connectivity index is 1.88. The summed E-state index contributed by atoms with van der Waals surface area (Å²) < 4.78 is 15.5. The minimum absolute atomic E-state index is 0.382. The molecule has 0 heterocycles. The molecular weight excluding hydrogens is 396 g/mol. The quantitative estimate of drug-likeness (QED) is 0.455. The van der Waals surface area contributed by atoms with Crippen molar-refractivity contribution in [1.29, 1.82) is 0 Å². The van der Waals surface area contributed by atoms with Crippen LogP contribution in [0.15, 0.2) is 48.5 Å². The van der Waals surface area contributed by atoms with Gasteiger partial charge in [0.1, 0.15) is 11.5 Å². The van der Waals surface area contributed by atoms with Gasteiger partial charge < -0.3 is 24.4 Å². The Morgan fingerprint density at radius 2 is 1.77 bits per heavy atom. The number of anilines is 2. The topological polar surface area (TPSA) is 77.1 Å². The van der Waals surface area contributed by atoms with Gasteiger partial charge in [-0.05, 0) is 69.3 Å². The summed E-state index contributed by atoms with van der Waals surface area (Å²) in [6.45, 7) is 6.88. The molecule has 0 radical (unpaired) electrons. The van der Waals surface area contributed by atoms with E-state index in [1.54, 1.807) is 31.4 Å². The smallest absolute Gasteiger partial charge is 0.331 e. The van der Waals surface area contributed by atoms with Crippen LogP contribution in [0.1, 0.15) is 26.3 Å². The number of rotatable bonds is 10. The van der Waals surface area contributed by atoms with Crippen LogP contribution in [0, 0.1) is 0 Å². The number of hydrogen-bond acceptors (Lipinski definition) is 6. The number of esters is 1. The molecule has 0 aliphatic carbocycles. The van der Waals surface area contributed by atoms with Crippen molar-refractivity contribution in [2.45, 2.75) is 26.8 Å². The van der Waals surface area contributed by atoms with Gasteiger partial charge in [-0.1, -0.05) is 0 Å². The van der Waals surface area contributed by atoms with E-state index in [0.29, 0.717) is 28.8 Å².